The largest absolute Gasteiger partial charge is 0.507 e. The zero-order valence-electron chi connectivity index (χ0n) is 12.0. The number of carbonyl (C=O) groups is 2. The van der Waals surface area contributed by atoms with Crippen LogP contribution in [0.4, 0.5) is 5.69 Å². The third kappa shape index (κ3) is 1.88. The molecule has 112 valence electrons. The molecule has 22 heavy (non-hydrogen) atoms. The topological polar surface area (TPSA) is 87.1 Å². The van der Waals surface area contributed by atoms with Gasteiger partial charge in [0.1, 0.15) is 11.5 Å². The number of carboxylic acids is 1. The first-order valence-corrected chi connectivity index (χ1v) is 6.54. The number of hydrogen-bond acceptors (Lipinski definition) is 5. The third-order valence-electron chi connectivity index (χ3n) is 3.65. The van der Waals surface area contributed by atoms with Crippen LogP contribution in [0.25, 0.3) is 11.3 Å². The lowest BCUT2D eigenvalue weighted by atomic mass is 10.0. The van der Waals surface area contributed by atoms with Crippen LogP contribution in [0.3, 0.4) is 0 Å². The smallest absolute Gasteiger partial charge is 0.371 e. The second kappa shape index (κ2) is 4.77. The van der Waals surface area contributed by atoms with Gasteiger partial charge >= 0.3 is 5.97 Å². The van der Waals surface area contributed by atoms with Gasteiger partial charge in [0.15, 0.2) is 6.29 Å². The maximum atomic E-state index is 11.4. The first-order chi connectivity index (χ1) is 10.4. The fourth-order valence-corrected chi connectivity index (χ4v) is 2.76. The van der Waals surface area contributed by atoms with E-state index in [9.17, 15) is 19.8 Å². The zero-order chi connectivity index (χ0) is 16.0. The number of aldehydes is 1. The van der Waals surface area contributed by atoms with Crippen LogP contribution in [-0.2, 0) is 14.3 Å². The van der Waals surface area contributed by atoms with Gasteiger partial charge in [-0.15, -0.1) is 0 Å². The summed E-state index contributed by atoms with van der Waals surface area (Å²) < 4.78 is 5.44. The van der Waals surface area contributed by atoms with Gasteiger partial charge in [-0.3, -0.25) is 4.79 Å². The highest BCUT2D eigenvalue weighted by Crippen LogP contribution is 2.24. The van der Waals surface area contributed by atoms with E-state index in [1.165, 1.54) is 0 Å². The predicted octanol–water partition coefficient (Wildman–Crippen LogP) is 0.121. The minimum atomic E-state index is -1.29. The van der Waals surface area contributed by atoms with Crippen molar-refractivity contribution in [1.29, 1.82) is 0 Å². The number of phenols is 1. The van der Waals surface area contributed by atoms with E-state index in [2.05, 4.69) is 0 Å². The molecule has 6 nitrogen and oxygen atoms in total. The molecule has 3 rings (SSSR count). The molecule has 2 aliphatic heterocycles. The molecule has 0 saturated heterocycles. The molecule has 2 N–H and O–H groups in total. The average molecular weight is 299 g/mol. The number of anilines is 1. The SMILES string of the molecule is Cc1cc(O)c2c3c1N(C)C=CC=3OC(C(=O)O)=CC=2C=O. The molecular formula is C16H13NO5. The Morgan fingerprint density at radius 3 is 2.73 bits per heavy atom. The molecule has 0 amide bonds. The van der Waals surface area contributed by atoms with Gasteiger partial charge in [0, 0.05) is 24.0 Å². The molecule has 0 fully saturated rings. The molecule has 0 unspecified atom stereocenters. The van der Waals surface area contributed by atoms with Crippen molar-refractivity contribution in [1.82, 2.24) is 0 Å². The van der Waals surface area contributed by atoms with Gasteiger partial charge in [-0.05, 0) is 30.7 Å². The van der Waals surface area contributed by atoms with E-state index in [1.807, 2.05) is 18.9 Å². The number of aryl methyl sites for hydroxylation is 1. The van der Waals surface area contributed by atoms with Crippen molar-refractivity contribution in [2.24, 2.45) is 0 Å². The molecule has 0 atom stereocenters. The van der Waals surface area contributed by atoms with Crippen molar-refractivity contribution in [2.75, 3.05) is 11.9 Å². The Morgan fingerprint density at radius 2 is 2.09 bits per heavy atom. The van der Waals surface area contributed by atoms with E-state index in [-0.39, 0.29) is 28.1 Å². The standard InChI is InChI=1S/C16H13NO5/c1-8-5-10(19)13-9(7-18)6-12(16(20)21)22-11-3-4-17(2)15(8)14(11)13/h3-7,19H,1-2H3,(H,20,21). The minimum Gasteiger partial charge on any atom is -0.507 e. The summed E-state index contributed by atoms with van der Waals surface area (Å²) in [6.45, 7) is 1.82. The van der Waals surface area contributed by atoms with Crippen molar-refractivity contribution < 1.29 is 24.5 Å². The van der Waals surface area contributed by atoms with E-state index in [1.54, 1.807) is 18.3 Å². The number of nitrogens with zero attached hydrogens (tertiary/aromatic N) is 1. The molecule has 0 bridgehead atoms. The normalized spacial score (nSPS) is 15.7. The summed E-state index contributed by atoms with van der Waals surface area (Å²) in [5, 5.41) is 20.3. The van der Waals surface area contributed by atoms with Gasteiger partial charge in [0.2, 0.25) is 5.76 Å². The van der Waals surface area contributed by atoms with E-state index >= 15 is 0 Å². The number of aromatic hydroxyl groups is 1. The van der Waals surface area contributed by atoms with Gasteiger partial charge in [-0.1, -0.05) is 0 Å². The molecule has 0 radical (unpaired) electrons. The first-order valence-electron chi connectivity index (χ1n) is 6.54. The Kier molecular flexibility index (Phi) is 3.02. The fourth-order valence-electron chi connectivity index (χ4n) is 2.76. The first kappa shape index (κ1) is 13.9. The van der Waals surface area contributed by atoms with Crippen LogP contribution in [0, 0.1) is 6.92 Å². The van der Waals surface area contributed by atoms with E-state index in [4.69, 9.17) is 4.74 Å². The van der Waals surface area contributed by atoms with Gasteiger partial charge in [-0.2, -0.15) is 0 Å². The number of ether oxygens (including phenoxy) is 1. The highest BCUT2D eigenvalue weighted by Gasteiger charge is 2.23. The highest BCUT2D eigenvalue weighted by atomic mass is 16.5. The molecule has 1 aromatic rings. The molecule has 0 aliphatic carbocycles. The monoisotopic (exact) mass is 299 g/mol. The fraction of sp³-hybridized carbons (Fsp3) is 0.125. The number of allylic oxidation sites excluding steroid dienone is 1. The lowest BCUT2D eigenvalue weighted by Gasteiger charge is -2.23. The number of phenolic OH excluding ortho intramolecular Hbond substituents is 1. The summed E-state index contributed by atoms with van der Waals surface area (Å²) in [5.74, 6) is -1.46. The van der Waals surface area contributed by atoms with Crippen LogP contribution in [-0.4, -0.2) is 29.5 Å². The Hall–Kier alpha value is -3.02. The van der Waals surface area contributed by atoms with Crippen molar-refractivity contribution in [3.63, 3.8) is 0 Å². The van der Waals surface area contributed by atoms with Crippen molar-refractivity contribution >= 4 is 29.3 Å². The summed E-state index contributed by atoms with van der Waals surface area (Å²) >= 11 is 0. The highest BCUT2D eigenvalue weighted by molar-refractivity contribution is 6.07. The molecule has 6 heteroatoms. The lowest BCUT2D eigenvalue weighted by Crippen LogP contribution is -2.37. The van der Waals surface area contributed by atoms with Crippen LogP contribution in [0.1, 0.15) is 5.56 Å². The van der Waals surface area contributed by atoms with Crippen LogP contribution in [0.15, 0.2) is 30.2 Å². The third-order valence-corrected chi connectivity index (χ3v) is 3.65. The van der Waals surface area contributed by atoms with Crippen molar-refractivity contribution in [3.8, 4) is 5.75 Å². The van der Waals surface area contributed by atoms with Crippen LogP contribution in [0.2, 0.25) is 0 Å². The Balaban J connectivity index is 2.58. The van der Waals surface area contributed by atoms with Gasteiger partial charge in [-0.25, -0.2) is 4.79 Å². The summed E-state index contributed by atoms with van der Waals surface area (Å²) in [5.41, 5.74) is 1.60. The molecule has 0 saturated carbocycles. The zero-order valence-corrected chi connectivity index (χ0v) is 12.0. The van der Waals surface area contributed by atoms with Crippen LogP contribution < -0.4 is 15.3 Å². The molecule has 1 aromatic carbocycles. The van der Waals surface area contributed by atoms with Gasteiger partial charge in [0.05, 0.1) is 10.9 Å². The molecule has 0 spiro atoms. The molecule has 2 aliphatic rings. The van der Waals surface area contributed by atoms with Crippen LogP contribution in [0.5, 0.6) is 5.75 Å². The Morgan fingerprint density at radius 1 is 1.36 bits per heavy atom. The summed E-state index contributed by atoms with van der Waals surface area (Å²) in [4.78, 5) is 24.5. The minimum absolute atomic E-state index is 0.0600. The Labute approximate surface area is 125 Å². The number of carboxylic acid groups (broad SMARTS) is 1. The molecular weight excluding hydrogens is 286 g/mol. The molecule has 2 heterocycles. The summed E-state index contributed by atoms with van der Waals surface area (Å²) in [6.07, 6.45) is 4.98. The second-order valence-electron chi connectivity index (χ2n) is 5.09. The van der Waals surface area contributed by atoms with E-state index in [0.717, 1.165) is 17.3 Å². The second-order valence-corrected chi connectivity index (χ2v) is 5.09. The predicted molar refractivity (Wildman–Crippen MR) is 79.3 cm³/mol. The average Bonchev–Trinajstić information content (AvgIpc) is 2.62. The maximum absolute atomic E-state index is 11.4. The van der Waals surface area contributed by atoms with Gasteiger partial charge < -0.3 is 19.8 Å². The number of aliphatic carboxylic acids is 1. The lowest BCUT2D eigenvalue weighted by molar-refractivity contribution is -0.135. The number of benzene rings is 1. The van der Waals surface area contributed by atoms with Crippen LogP contribution >= 0.6 is 0 Å². The number of hydrogen-bond donors (Lipinski definition) is 2. The Bertz CT molecular complexity index is 892. The number of carbonyl (C=O) groups excluding carboxylic acids is 1. The van der Waals surface area contributed by atoms with Gasteiger partial charge in [0.25, 0.3) is 0 Å². The van der Waals surface area contributed by atoms with Crippen molar-refractivity contribution in [3.05, 3.63) is 46.2 Å². The van der Waals surface area contributed by atoms with Crippen molar-refractivity contribution in [2.45, 2.75) is 6.92 Å². The maximum Gasteiger partial charge on any atom is 0.371 e. The summed E-state index contributed by atoms with van der Waals surface area (Å²) in [7, 11) is 1.82. The number of rotatable bonds is 2. The van der Waals surface area contributed by atoms with E-state index in [0.29, 0.717) is 11.5 Å². The quantitative estimate of drug-likeness (QED) is 0.754. The molecule has 0 aromatic heterocycles. The summed E-state index contributed by atoms with van der Waals surface area (Å²) in [6, 6.07) is 1.55. The van der Waals surface area contributed by atoms with E-state index < -0.39 is 5.97 Å².